The average molecular weight is 269 g/mol. The van der Waals surface area contributed by atoms with Gasteiger partial charge in [-0.2, -0.15) is 0 Å². The van der Waals surface area contributed by atoms with E-state index in [0.717, 1.165) is 19.6 Å². The fraction of sp³-hybridized carbons (Fsp3) is 1.00. The molecule has 0 atom stereocenters. The van der Waals surface area contributed by atoms with Gasteiger partial charge in [0.05, 0.1) is 5.60 Å². The van der Waals surface area contributed by atoms with Crippen molar-refractivity contribution in [1.82, 2.24) is 4.90 Å². The van der Waals surface area contributed by atoms with Crippen LogP contribution in [0.25, 0.3) is 0 Å². The maximum atomic E-state index is 9.48. The van der Waals surface area contributed by atoms with Gasteiger partial charge < -0.3 is 5.11 Å². The molecule has 0 bridgehead atoms. The number of alkyl halides is 1. The Morgan fingerprint density at radius 1 is 1.55 bits per heavy atom. The first-order chi connectivity index (χ1) is 4.79. The highest BCUT2D eigenvalue weighted by Crippen LogP contribution is 2.30. The quantitative estimate of drug-likeness (QED) is 0.602. The molecule has 0 spiro atoms. The van der Waals surface area contributed by atoms with Gasteiger partial charge in [-0.15, -0.1) is 0 Å². The molecule has 0 saturated carbocycles. The van der Waals surface area contributed by atoms with Gasteiger partial charge in [0.1, 0.15) is 0 Å². The first kappa shape index (κ1) is 9.74. The minimum absolute atomic E-state index is 0.447. The standard InChI is InChI=1S/C8H16INO/c1-7(2,11)4-10-5-8(3,9)6-10/h11H,4-6H2,1-3H3. The molecule has 0 amide bonds. The molecule has 11 heavy (non-hydrogen) atoms. The van der Waals surface area contributed by atoms with E-state index in [9.17, 15) is 5.11 Å². The molecule has 66 valence electrons. The van der Waals surface area contributed by atoms with Crippen LogP contribution < -0.4 is 0 Å². The summed E-state index contributed by atoms with van der Waals surface area (Å²) < 4.78 is 0.447. The fourth-order valence-corrected chi connectivity index (χ4v) is 2.51. The van der Waals surface area contributed by atoms with Crippen molar-refractivity contribution in [3.05, 3.63) is 0 Å². The van der Waals surface area contributed by atoms with Crippen molar-refractivity contribution in [2.45, 2.75) is 29.8 Å². The number of likely N-dealkylation sites (tertiary alicyclic amines) is 1. The highest BCUT2D eigenvalue weighted by atomic mass is 127. The summed E-state index contributed by atoms with van der Waals surface area (Å²) in [5.41, 5.74) is -0.535. The molecule has 1 N–H and O–H groups in total. The van der Waals surface area contributed by atoms with E-state index in [4.69, 9.17) is 0 Å². The Bertz CT molecular complexity index is 143. The van der Waals surface area contributed by atoms with Crippen molar-refractivity contribution >= 4 is 22.6 Å². The predicted octanol–water partition coefficient (Wildman–Crippen LogP) is 1.27. The largest absolute Gasteiger partial charge is 0.389 e. The van der Waals surface area contributed by atoms with Crippen molar-refractivity contribution < 1.29 is 5.11 Å². The van der Waals surface area contributed by atoms with Gasteiger partial charge in [-0.1, -0.05) is 22.6 Å². The molecule has 1 aliphatic heterocycles. The Morgan fingerprint density at radius 2 is 2.00 bits per heavy atom. The molecule has 0 aromatic carbocycles. The Hall–Kier alpha value is 0.650. The van der Waals surface area contributed by atoms with Crippen LogP contribution in [0.2, 0.25) is 0 Å². The summed E-state index contributed by atoms with van der Waals surface area (Å²) in [6.07, 6.45) is 0. The number of halogens is 1. The second kappa shape index (κ2) is 2.85. The number of rotatable bonds is 2. The minimum atomic E-state index is -0.535. The molecule has 1 saturated heterocycles. The van der Waals surface area contributed by atoms with E-state index in [0.29, 0.717) is 3.42 Å². The summed E-state index contributed by atoms with van der Waals surface area (Å²) in [6, 6.07) is 0. The van der Waals surface area contributed by atoms with E-state index >= 15 is 0 Å². The van der Waals surface area contributed by atoms with Crippen LogP contribution in [0.5, 0.6) is 0 Å². The molecular weight excluding hydrogens is 253 g/mol. The number of hydrogen-bond acceptors (Lipinski definition) is 2. The monoisotopic (exact) mass is 269 g/mol. The zero-order valence-corrected chi connectivity index (χ0v) is 9.55. The Labute approximate surface area is 82.1 Å². The lowest BCUT2D eigenvalue weighted by Crippen LogP contribution is -2.59. The average Bonchev–Trinajstić information content (AvgIpc) is 1.53. The number of hydrogen-bond donors (Lipinski definition) is 1. The Kier molecular flexibility index (Phi) is 2.52. The van der Waals surface area contributed by atoms with E-state index in [1.54, 1.807) is 0 Å². The molecule has 1 aliphatic rings. The summed E-state index contributed by atoms with van der Waals surface area (Å²) in [7, 11) is 0. The lowest BCUT2D eigenvalue weighted by Gasteiger charge is -2.46. The molecule has 1 fully saturated rings. The van der Waals surface area contributed by atoms with Crippen molar-refractivity contribution in [3.63, 3.8) is 0 Å². The van der Waals surface area contributed by atoms with E-state index in [1.807, 2.05) is 13.8 Å². The SMILES string of the molecule is CC(C)(O)CN1CC(C)(I)C1. The Morgan fingerprint density at radius 3 is 2.27 bits per heavy atom. The van der Waals surface area contributed by atoms with Gasteiger partial charge in [-0.25, -0.2) is 0 Å². The van der Waals surface area contributed by atoms with Crippen LogP contribution in [0, 0.1) is 0 Å². The van der Waals surface area contributed by atoms with Crippen LogP contribution in [-0.4, -0.2) is 38.7 Å². The van der Waals surface area contributed by atoms with Gasteiger partial charge >= 0.3 is 0 Å². The molecule has 2 nitrogen and oxygen atoms in total. The van der Waals surface area contributed by atoms with E-state index in [1.165, 1.54) is 0 Å². The predicted molar refractivity (Wildman–Crippen MR) is 55.2 cm³/mol. The van der Waals surface area contributed by atoms with Crippen LogP contribution >= 0.6 is 22.6 Å². The summed E-state index contributed by atoms with van der Waals surface area (Å²) in [4.78, 5) is 2.28. The third-order valence-corrected chi connectivity index (χ3v) is 2.40. The maximum absolute atomic E-state index is 9.48. The van der Waals surface area contributed by atoms with Crippen molar-refractivity contribution in [3.8, 4) is 0 Å². The first-order valence-electron chi connectivity index (χ1n) is 3.92. The maximum Gasteiger partial charge on any atom is 0.0718 e. The molecule has 0 aliphatic carbocycles. The van der Waals surface area contributed by atoms with Gasteiger partial charge in [0, 0.05) is 23.1 Å². The van der Waals surface area contributed by atoms with E-state index in [-0.39, 0.29) is 0 Å². The fourth-order valence-electron chi connectivity index (χ4n) is 1.55. The topological polar surface area (TPSA) is 23.5 Å². The number of nitrogens with zero attached hydrogens (tertiary/aromatic N) is 1. The molecule has 3 heteroatoms. The zero-order chi connectivity index (χ0) is 8.70. The molecule has 0 aromatic heterocycles. The van der Waals surface area contributed by atoms with Crippen molar-refractivity contribution in [1.29, 1.82) is 0 Å². The van der Waals surface area contributed by atoms with Crippen molar-refractivity contribution in [2.75, 3.05) is 19.6 Å². The number of β-amino-alcohol motifs (C(OH)–C–C–N with tert-alkyl or cyclic N) is 1. The van der Waals surface area contributed by atoms with Gasteiger partial charge in [0.15, 0.2) is 0 Å². The van der Waals surface area contributed by atoms with E-state index < -0.39 is 5.60 Å². The van der Waals surface area contributed by atoms with Gasteiger partial charge in [0.25, 0.3) is 0 Å². The smallest absolute Gasteiger partial charge is 0.0718 e. The van der Waals surface area contributed by atoms with E-state index in [2.05, 4.69) is 34.4 Å². The molecule has 1 rings (SSSR count). The third kappa shape index (κ3) is 3.25. The summed E-state index contributed by atoms with van der Waals surface area (Å²) in [6.45, 7) is 8.97. The van der Waals surface area contributed by atoms with Crippen LogP contribution in [0.15, 0.2) is 0 Å². The van der Waals surface area contributed by atoms with Crippen LogP contribution in [-0.2, 0) is 0 Å². The molecule has 1 heterocycles. The lowest BCUT2D eigenvalue weighted by atomic mass is 9.99. The highest BCUT2D eigenvalue weighted by molar-refractivity contribution is 14.1. The second-order valence-electron chi connectivity index (χ2n) is 4.37. The van der Waals surface area contributed by atoms with Crippen LogP contribution in [0.4, 0.5) is 0 Å². The Balaban J connectivity index is 2.24. The van der Waals surface area contributed by atoms with Crippen LogP contribution in [0.3, 0.4) is 0 Å². The third-order valence-electron chi connectivity index (χ3n) is 1.72. The molecule has 0 radical (unpaired) electrons. The summed E-state index contributed by atoms with van der Waals surface area (Å²) >= 11 is 2.47. The molecular formula is C8H16INO. The first-order valence-corrected chi connectivity index (χ1v) is 5.00. The summed E-state index contributed by atoms with van der Waals surface area (Å²) in [5, 5.41) is 9.48. The van der Waals surface area contributed by atoms with Crippen LogP contribution in [0.1, 0.15) is 20.8 Å². The summed E-state index contributed by atoms with van der Waals surface area (Å²) in [5.74, 6) is 0. The number of aliphatic hydroxyl groups is 1. The minimum Gasteiger partial charge on any atom is -0.389 e. The normalized spacial score (nSPS) is 24.8. The molecule has 0 unspecified atom stereocenters. The zero-order valence-electron chi connectivity index (χ0n) is 7.39. The van der Waals surface area contributed by atoms with Gasteiger partial charge in [-0.3, -0.25) is 4.90 Å². The van der Waals surface area contributed by atoms with Gasteiger partial charge in [0.2, 0.25) is 0 Å². The lowest BCUT2D eigenvalue weighted by molar-refractivity contribution is 0.00753. The molecule has 0 aromatic rings. The van der Waals surface area contributed by atoms with Gasteiger partial charge in [-0.05, 0) is 20.8 Å². The highest BCUT2D eigenvalue weighted by Gasteiger charge is 2.37. The van der Waals surface area contributed by atoms with Crippen molar-refractivity contribution in [2.24, 2.45) is 0 Å². The second-order valence-corrected chi connectivity index (χ2v) is 6.98.